The molecule has 3 N–H and O–H groups in total. The van der Waals surface area contributed by atoms with E-state index in [2.05, 4.69) is 10.3 Å². The zero-order valence-electron chi connectivity index (χ0n) is 5.18. The molecular formula is C5H11N3. The topological polar surface area (TPSA) is 50.4 Å². The first-order chi connectivity index (χ1) is 3.85. The Morgan fingerprint density at radius 2 is 2.38 bits per heavy atom. The van der Waals surface area contributed by atoms with Crippen molar-refractivity contribution in [1.29, 1.82) is 0 Å². The predicted molar refractivity (Wildman–Crippen MR) is 35.7 cm³/mol. The standard InChI is InChI=1S/C5H11N3/c1-7-5(8-2)3-4-6/h3-4H,6H2,1-2H3,(H,7,8)/b4-3-. The van der Waals surface area contributed by atoms with Crippen LogP contribution in [0.15, 0.2) is 17.3 Å². The number of hydrogen-bond donors (Lipinski definition) is 2. The van der Waals surface area contributed by atoms with E-state index in [4.69, 9.17) is 5.73 Å². The van der Waals surface area contributed by atoms with Crippen LogP contribution in [-0.4, -0.2) is 19.9 Å². The summed E-state index contributed by atoms with van der Waals surface area (Å²) in [6.07, 6.45) is 3.14. The Bertz CT molecular complexity index is 101. The zero-order valence-corrected chi connectivity index (χ0v) is 5.18. The summed E-state index contributed by atoms with van der Waals surface area (Å²) in [6, 6.07) is 0. The van der Waals surface area contributed by atoms with Crippen LogP contribution < -0.4 is 11.1 Å². The summed E-state index contributed by atoms with van der Waals surface area (Å²) in [5, 5.41) is 2.84. The largest absolute Gasteiger partial charge is 0.404 e. The molecule has 46 valence electrons. The molecule has 0 amide bonds. The highest BCUT2D eigenvalue weighted by atomic mass is 14.9. The summed E-state index contributed by atoms with van der Waals surface area (Å²) in [5.41, 5.74) is 5.08. The smallest absolute Gasteiger partial charge is 0.121 e. The fourth-order valence-electron chi connectivity index (χ4n) is 0.361. The Morgan fingerprint density at radius 1 is 1.75 bits per heavy atom. The highest BCUT2D eigenvalue weighted by Crippen LogP contribution is 1.69. The normalized spacial score (nSPS) is 12.5. The van der Waals surface area contributed by atoms with Crippen molar-refractivity contribution in [3.63, 3.8) is 0 Å². The summed E-state index contributed by atoms with van der Waals surface area (Å²) >= 11 is 0. The van der Waals surface area contributed by atoms with Crippen molar-refractivity contribution < 1.29 is 0 Å². The van der Waals surface area contributed by atoms with E-state index < -0.39 is 0 Å². The highest BCUT2D eigenvalue weighted by molar-refractivity contribution is 5.92. The first-order valence-corrected chi connectivity index (χ1v) is 2.38. The third-order valence-corrected chi connectivity index (χ3v) is 0.751. The summed E-state index contributed by atoms with van der Waals surface area (Å²) in [7, 11) is 3.49. The van der Waals surface area contributed by atoms with Crippen molar-refractivity contribution >= 4 is 5.84 Å². The highest BCUT2D eigenvalue weighted by Gasteiger charge is 1.79. The van der Waals surface area contributed by atoms with Crippen molar-refractivity contribution in [2.24, 2.45) is 10.7 Å². The number of aliphatic imine (C=N–C) groups is 1. The second-order valence-corrected chi connectivity index (χ2v) is 1.22. The van der Waals surface area contributed by atoms with Crippen LogP contribution in [0.3, 0.4) is 0 Å². The molecule has 0 radical (unpaired) electrons. The Hall–Kier alpha value is -0.990. The minimum atomic E-state index is 0.785. The van der Waals surface area contributed by atoms with Crippen LogP contribution in [0.2, 0.25) is 0 Å². The first-order valence-electron chi connectivity index (χ1n) is 2.38. The Balaban J connectivity index is 3.72. The van der Waals surface area contributed by atoms with Crippen molar-refractivity contribution in [2.45, 2.75) is 0 Å². The van der Waals surface area contributed by atoms with Crippen molar-refractivity contribution in [3.05, 3.63) is 12.3 Å². The van der Waals surface area contributed by atoms with E-state index in [0.717, 1.165) is 5.84 Å². The zero-order chi connectivity index (χ0) is 6.41. The van der Waals surface area contributed by atoms with Crippen LogP contribution in [0.1, 0.15) is 0 Å². The average molecular weight is 113 g/mol. The van der Waals surface area contributed by atoms with Gasteiger partial charge >= 0.3 is 0 Å². The Labute approximate surface area is 49.3 Å². The molecule has 0 unspecified atom stereocenters. The molecule has 0 aliphatic heterocycles. The van der Waals surface area contributed by atoms with Gasteiger partial charge in [-0.15, -0.1) is 0 Å². The van der Waals surface area contributed by atoms with Gasteiger partial charge in [0.15, 0.2) is 0 Å². The van der Waals surface area contributed by atoms with E-state index in [1.54, 1.807) is 20.2 Å². The second kappa shape index (κ2) is 4.18. The molecule has 0 rings (SSSR count). The molecule has 8 heavy (non-hydrogen) atoms. The Morgan fingerprint density at radius 3 is 2.50 bits per heavy atom. The van der Waals surface area contributed by atoms with Gasteiger partial charge in [0, 0.05) is 14.1 Å². The van der Waals surface area contributed by atoms with E-state index in [9.17, 15) is 0 Å². The third-order valence-electron chi connectivity index (χ3n) is 0.751. The van der Waals surface area contributed by atoms with E-state index in [1.807, 2.05) is 0 Å². The fraction of sp³-hybridized carbons (Fsp3) is 0.400. The SMILES string of the molecule is C/N=C(\C=C/N)NC. The lowest BCUT2D eigenvalue weighted by Crippen LogP contribution is -2.15. The maximum Gasteiger partial charge on any atom is 0.121 e. The van der Waals surface area contributed by atoms with Crippen molar-refractivity contribution in [1.82, 2.24) is 5.32 Å². The van der Waals surface area contributed by atoms with Gasteiger partial charge in [-0.2, -0.15) is 0 Å². The molecule has 0 aromatic carbocycles. The van der Waals surface area contributed by atoms with Gasteiger partial charge in [0.2, 0.25) is 0 Å². The molecule has 3 nitrogen and oxygen atoms in total. The van der Waals surface area contributed by atoms with Gasteiger partial charge in [0.25, 0.3) is 0 Å². The molecule has 0 fully saturated rings. The molecule has 0 bridgehead atoms. The van der Waals surface area contributed by atoms with E-state index in [1.165, 1.54) is 6.20 Å². The van der Waals surface area contributed by atoms with E-state index in [0.29, 0.717) is 0 Å². The third kappa shape index (κ3) is 2.23. The molecule has 0 aromatic heterocycles. The number of likely N-dealkylation sites (N-methyl/N-ethyl adjacent to an activating group) is 1. The van der Waals surface area contributed by atoms with Crippen LogP contribution >= 0.6 is 0 Å². The number of amidine groups is 1. The first kappa shape index (κ1) is 7.01. The van der Waals surface area contributed by atoms with Crippen molar-refractivity contribution in [2.75, 3.05) is 14.1 Å². The average Bonchev–Trinajstić information content (AvgIpc) is 1.83. The van der Waals surface area contributed by atoms with Gasteiger partial charge in [0.05, 0.1) is 0 Å². The second-order valence-electron chi connectivity index (χ2n) is 1.22. The molecule has 0 atom stereocenters. The lowest BCUT2D eigenvalue weighted by atomic mass is 10.5. The molecule has 0 spiro atoms. The van der Waals surface area contributed by atoms with Crippen LogP contribution in [0.5, 0.6) is 0 Å². The number of nitrogens with zero attached hydrogens (tertiary/aromatic N) is 1. The van der Waals surface area contributed by atoms with Gasteiger partial charge in [-0.3, -0.25) is 4.99 Å². The lowest BCUT2D eigenvalue weighted by molar-refractivity contribution is 1.16. The van der Waals surface area contributed by atoms with Gasteiger partial charge in [-0.1, -0.05) is 0 Å². The number of rotatable bonds is 1. The maximum atomic E-state index is 5.08. The van der Waals surface area contributed by atoms with E-state index in [-0.39, 0.29) is 0 Å². The van der Waals surface area contributed by atoms with Crippen molar-refractivity contribution in [3.8, 4) is 0 Å². The summed E-state index contributed by atoms with van der Waals surface area (Å²) in [6.45, 7) is 0. The minimum Gasteiger partial charge on any atom is -0.404 e. The summed E-state index contributed by atoms with van der Waals surface area (Å²) < 4.78 is 0. The maximum absolute atomic E-state index is 5.08. The summed E-state index contributed by atoms with van der Waals surface area (Å²) in [4.78, 5) is 3.84. The monoisotopic (exact) mass is 113 g/mol. The van der Waals surface area contributed by atoms with Gasteiger partial charge in [-0.05, 0) is 12.3 Å². The minimum absolute atomic E-state index is 0.785. The molecule has 0 saturated heterocycles. The molecule has 0 heterocycles. The number of nitrogens with two attached hydrogens (primary N) is 1. The van der Waals surface area contributed by atoms with Crippen LogP contribution in [0.25, 0.3) is 0 Å². The molecular weight excluding hydrogens is 102 g/mol. The number of nitrogens with one attached hydrogen (secondary N) is 1. The molecule has 0 saturated carbocycles. The number of hydrogen-bond acceptors (Lipinski definition) is 2. The molecule has 0 aliphatic carbocycles. The molecule has 3 heteroatoms. The quantitative estimate of drug-likeness (QED) is 0.362. The molecule has 0 aromatic rings. The van der Waals surface area contributed by atoms with Crippen LogP contribution in [-0.2, 0) is 0 Å². The van der Waals surface area contributed by atoms with Gasteiger partial charge < -0.3 is 11.1 Å². The lowest BCUT2D eigenvalue weighted by Gasteiger charge is -1.93. The van der Waals surface area contributed by atoms with E-state index >= 15 is 0 Å². The van der Waals surface area contributed by atoms with Crippen LogP contribution in [0.4, 0.5) is 0 Å². The van der Waals surface area contributed by atoms with Crippen LogP contribution in [0, 0.1) is 0 Å². The molecule has 0 aliphatic rings. The van der Waals surface area contributed by atoms with Gasteiger partial charge in [-0.25, -0.2) is 0 Å². The fourth-order valence-corrected chi connectivity index (χ4v) is 0.361. The predicted octanol–water partition coefficient (Wildman–Crippen LogP) is -0.294. The van der Waals surface area contributed by atoms with Gasteiger partial charge in [0.1, 0.15) is 5.84 Å². The summed E-state index contributed by atoms with van der Waals surface area (Å²) in [5.74, 6) is 0.785. The Kier molecular flexibility index (Phi) is 3.66.